The lowest BCUT2D eigenvalue weighted by Gasteiger charge is -2.24. The summed E-state index contributed by atoms with van der Waals surface area (Å²) >= 11 is 0. The standard InChI is InChI=1S/C24H38N3O5P/c1-17(2)22(27-23(29)21(25)13-18-9-5-3-6-10-18)24(30)26-14-20(28)16-33(31,32)15-19-11-7-4-8-12-19/h3,5-6,9-10,17,19,21-22,31-32H,4,7-8,11-16,25H2,1-2H3,(H-,26,27,29,30)/p+1/t21-,22+/m0/s1. The Hall–Kier alpha value is -1.86. The first-order valence-corrected chi connectivity index (χ1v) is 13.9. The van der Waals surface area contributed by atoms with E-state index in [1.807, 2.05) is 30.3 Å². The largest absolute Gasteiger partial charge is 0.347 e. The van der Waals surface area contributed by atoms with Crippen molar-refractivity contribution in [1.29, 1.82) is 0 Å². The normalized spacial score (nSPS) is 16.8. The molecule has 1 fully saturated rings. The summed E-state index contributed by atoms with van der Waals surface area (Å²) in [4.78, 5) is 58.2. The second-order valence-corrected chi connectivity index (χ2v) is 11.9. The van der Waals surface area contributed by atoms with Crippen LogP contribution in [0, 0.1) is 11.8 Å². The number of ketones is 1. The molecule has 9 heteroatoms. The molecule has 1 aromatic carbocycles. The summed E-state index contributed by atoms with van der Waals surface area (Å²) in [5.74, 6) is -1.33. The fraction of sp³-hybridized carbons (Fsp3) is 0.625. The van der Waals surface area contributed by atoms with Gasteiger partial charge in [-0.15, -0.1) is 0 Å². The maximum atomic E-state index is 12.7. The van der Waals surface area contributed by atoms with Gasteiger partial charge >= 0.3 is 0 Å². The Kier molecular flexibility index (Phi) is 10.9. The van der Waals surface area contributed by atoms with Crippen molar-refractivity contribution in [1.82, 2.24) is 10.6 Å². The van der Waals surface area contributed by atoms with Crippen LogP contribution in [-0.4, -0.2) is 58.3 Å². The smallest absolute Gasteiger partial charge is 0.275 e. The molecule has 0 heterocycles. The zero-order valence-corrected chi connectivity index (χ0v) is 20.6. The van der Waals surface area contributed by atoms with Gasteiger partial charge in [-0.05, 0) is 36.7 Å². The predicted molar refractivity (Wildman–Crippen MR) is 131 cm³/mol. The fourth-order valence-corrected chi connectivity index (χ4v) is 6.24. The van der Waals surface area contributed by atoms with Crippen LogP contribution in [0.15, 0.2) is 30.3 Å². The third-order valence-corrected chi connectivity index (χ3v) is 8.01. The van der Waals surface area contributed by atoms with E-state index in [1.54, 1.807) is 13.8 Å². The maximum absolute atomic E-state index is 12.7. The number of rotatable bonds is 12. The van der Waals surface area contributed by atoms with Crippen molar-refractivity contribution in [3.63, 3.8) is 0 Å². The molecule has 0 unspecified atom stereocenters. The molecule has 8 nitrogen and oxygen atoms in total. The average Bonchev–Trinajstić information content (AvgIpc) is 2.76. The summed E-state index contributed by atoms with van der Waals surface area (Å²) in [5, 5.41) is 5.22. The van der Waals surface area contributed by atoms with Crippen molar-refractivity contribution < 1.29 is 24.2 Å². The first kappa shape index (κ1) is 27.4. The molecular weight excluding hydrogens is 441 g/mol. The quantitative estimate of drug-likeness (QED) is 0.289. The van der Waals surface area contributed by atoms with Crippen molar-refractivity contribution in [3.05, 3.63) is 35.9 Å². The van der Waals surface area contributed by atoms with Crippen molar-refractivity contribution in [3.8, 4) is 0 Å². The Morgan fingerprint density at radius 2 is 1.70 bits per heavy atom. The highest BCUT2D eigenvalue weighted by molar-refractivity contribution is 7.65. The van der Waals surface area contributed by atoms with Gasteiger partial charge in [0, 0.05) is 0 Å². The minimum Gasteiger partial charge on any atom is -0.347 e. The number of hydrogen-bond donors (Lipinski definition) is 5. The highest BCUT2D eigenvalue weighted by atomic mass is 31.2. The minimum absolute atomic E-state index is 0.221. The Morgan fingerprint density at radius 3 is 2.30 bits per heavy atom. The zero-order valence-electron chi connectivity index (χ0n) is 19.7. The van der Waals surface area contributed by atoms with E-state index in [4.69, 9.17) is 5.73 Å². The zero-order chi connectivity index (χ0) is 24.4. The van der Waals surface area contributed by atoms with Gasteiger partial charge in [-0.3, -0.25) is 14.4 Å². The molecule has 1 aliphatic rings. The SMILES string of the molecule is CC(C)[C@@H](NC(=O)[C@@H](N)Cc1ccccc1)C(=O)NCC(=O)C[P+](O)(O)CC1CCCCC1. The molecule has 2 amide bonds. The lowest BCUT2D eigenvalue weighted by molar-refractivity contribution is -0.131. The summed E-state index contributed by atoms with van der Waals surface area (Å²) in [6.07, 6.45) is 5.58. The molecule has 0 aromatic heterocycles. The average molecular weight is 481 g/mol. The van der Waals surface area contributed by atoms with E-state index >= 15 is 0 Å². The van der Waals surface area contributed by atoms with E-state index in [0.29, 0.717) is 6.42 Å². The van der Waals surface area contributed by atoms with Crippen molar-refractivity contribution in [2.75, 3.05) is 18.9 Å². The Labute approximate surface area is 197 Å². The molecule has 0 radical (unpaired) electrons. The molecule has 184 valence electrons. The summed E-state index contributed by atoms with van der Waals surface area (Å²) in [5.41, 5.74) is 6.94. The predicted octanol–water partition coefficient (Wildman–Crippen LogP) is 1.79. The highest BCUT2D eigenvalue weighted by Crippen LogP contribution is 2.52. The summed E-state index contributed by atoms with van der Waals surface area (Å²) in [6.45, 7) is 3.27. The molecule has 1 aromatic rings. The molecule has 2 rings (SSSR count). The number of nitrogens with one attached hydrogen (secondary N) is 2. The van der Waals surface area contributed by atoms with Crippen LogP contribution in [0.1, 0.15) is 51.5 Å². The number of carbonyl (C=O) groups is 3. The van der Waals surface area contributed by atoms with E-state index < -0.39 is 37.4 Å². The topological polar surface area (TPSA) is 142 Å². The molecular formula is C24H39N3O5P+. The van der Waals surface area contributed by atoms with Gasteiger partial charge in [0.2, 0.25) is 11.8 Å². The third kappa shape index (κ3) is 9.88. The van der Waals surface area contributed by atoms with Gasteiger partial charge in [-0.1, -0.05) is 63.4 Å². The highest BCUT2D eigenvalue weighted by Gasteiger charge is 2.39. The molecule has 1 aliphatic carbocycles. The molecule has 0 aliphatic heterocycles. The minimum atomic E-state index is -3.33. The summed E-state index contributed by atoms with van der Waals surface area (Å²) in [7, 11) is -3.33. The van der Waals surface area contributed by atoms with Gasteiger partial charge in [0.05, 0.1) is 12.6 Å². The van der Waals surface area contributed by atoms with Crippen LogP contribution in [-0.2, 0) is 20.8 Å². The van der Waals surface area contributed by atoms with Gasteiger partial charge in [-0.2, -0.15) is 0 Å². The molecule has 0 saturated heterocycles. The van der Waals surface area contributed by atoms with Crippen LogP contribution in [0.4, 0.5) is 0 Å². The third-order valence-electron chi connectivity index (χ3n) is 6.05. The number of hydrogen-bond acceptors (Lipinski definition) is 6. The van der Waals surface area contributed by atoms with Gasteiger partial charge in [0.25, 0.3) is 7.72 Å². The van der Waals surface area contributed by atoms with Gasteiger partial charge in [0.15, 0.2) is 11.9 Å². The van der Waals surface area contributed by atoms with Gasteiger partial charge < -0.3 is 16.4 Å². The lowest BCUT2D eigenvalue weighted by atomic mass is 9.91. The van der Waals surface area contributed by atoms with E-state index in [-0.39, 0.29) is 30.7 Å². The van der Waals surface area contributed by atoms with E-state index in [0.717, 1.165) is 31.2 Å². The number of carbonyl (C=O) groups excluding carboxylic acids is 3. The van der Waals surface area contributed by atoms with Crippen LogP contribution < -0.4 is 16.4 Å². The van der Waals surface area contributed by atoms with E-state index in [1.165, 1.54) is 6.42 Å². The Morgan fingerprint density at radius 1 is 1.06 bits per heavy atom. The van der Waals surface area contributed by atoms with Crippen LogP contribution in [0.3, 0.4) is 0 Å². The second-order valence-electron chi connectivity index (χ2n) is 9.51. The first-order valence-electron chi connectivity index (χ1n) is 11.8. The summed E-state index contributed by atoms with van der Waals surface area (Å²) in [6, 6.07) is 7.72. The molecule has 0 bridgehead atoms. The van der Waals surface area contributed by atoms with Crippen LogP contribution in [0.5, 0.6) is 0 Å². The van der Waals surface area contributed by atoms with Crippen molar-refractivity contribution >= 4 is 25.3 Å². The lowest BCUT2D eigenvalue weighted by Crippen LogP contribution is -2.54. The van der Waals surface area contributed by atoms with Crippen LogP contribution in [0.2, 0.25) is 0 Å². The molecule has 33 heavy (non-hydrogen) atoms. The number of benzene rings is 1. The first-order chi connectivity index (χ1) is 15.6. The van der Waals surface area contributed by atoms with Gasteiger partial charge in [-0.25, -0.2) is 9.79 Å². The van der Waals surface area contributed by atoms with Crippen LogP contribution in [0.25, 0.3) is 0 Å². The number of nitrogens with two attached hydrogens (primary N) is 1. The van der Waals surface area contributed by atoms with E-state index in [2.05, 4.69) is 10.6 Å². The van der Waals surface area contributed by atoms with Crippen molar-refractivity contribution in [2.24, 2.45) is 17.6 Å². The van der Waals surface area contributed by atoms with Crippen LogP contribution >= 0.6 is 7.72 Å². The van der Waals surface area contributed by atoms with Gasteiger partial charge in [0.1, 0.15) is 12.2 Å². The molecule has 6 N–H and O–H groups in total. The Balaban J connectivity index is 1.82. The molecule has 2 atom stereocenters. The Bertz CT molecular complexity index is 782. The van der Waals surface area contributed by atoms with E-state index in [9.17, 15) is 24.2 Å². The fourth-order valence-electron chi connectivity index (χ4n) is 4.24. The number of Topliss-reactive ketones (excluding diaryl/α,β-unsaturated/α-hetero) is 1. The molecule has 0 spiro atoms. The second kappa shape index (κ2) is 13.1. The number of amides is 2. The summed E-state index contributed by atoms with van der Waals surface area (Å²) < 4.78 is 0. The van der Waals surface area contributed by atoms with Crippen molar-refractivity contribution in [2.45, 2.75) is 64.5 Å². The monoisotopic (exact) mass is 480 g/mol. The molecule has 1 saturated carbocycles. The maximum Gasteiger partial charge on any atom is 0.275 e.